The molecule has 1 aliphatic rings. The molecule has 1 saturated carbocycles. The maximum absolute atomic E-state index is 13.0. The molecule has 53 heavy (non-hydrogen) atoms. The average Bonchev–Trinajstić information content (AvgIpc) is 3.91. The van der Waals surface area contributed by atoms with E-state index < -0.39 is 53.9 Å². The molecule has 0 spiro atoms. The Bertz CT molecular complexity index is 1950. The van der Waals surface area contributed by atoms with Crippen LogP contribution in [0.25, 0.3) is 0 Å². The number of anilines is 3. The highest BCUT2D eigenvalue weighted by Gasteiger charge is 2.45. The monoisotopic (exact) mass is 773 g/mol. The minimum atomic E-state index is -4.64. The number of carbonyl (C=O) groups is 4. The zero-order valence-corrected chi connectivity index (χ0v) is 29.4. The van der Waals surface area contributed by atoms with E-state index in [9.17, 15) is 32.3 Å². The molecule has 13 nitrogen and oxygen atoms in total. The number of hydrogen-bond acceptors (Lipinski definition) is 11. The van der Waals surface area contributed by atoms with Gasteiger partial charge in [0.2, 0.25) is 17.7 Å². The summed E-state index contributed by atoms with van der Waals surface area (Å²) in [4.78, 5) is 62.4. The van der Waals surface area contributed by atoms with E-state index in [-0.39, 0.29) is 36.8 Å². The molecule has 4 N–H and O–H groups in total. The van der Waals surface area contributed by atoms with Crippen molar-refractivity contribution in [3.8, 4) is 6.01 Å². The van der Waals surface area contributed by atoms with Gasteiger partial charge in [0.1, 0.15) is 6.04 Å². The molecule has 1 fully saturated rings. The molecule has 0 radical (unpaired) electrons. The lowest BCUT2D eigenvalue weighted by atomic mass is 10.1. The number of hydrogen-bond donors (Lipinski definition) is 4. The predicted molar refractivity (Wildman–Crippen MR) is 188 cm³/mol. The van der Waals surface area contributed by atoms with Gasteiger partial charge in [0, 0.05) is 34.3 Å². The number of methoxy groups -OCH3 is 1. The van der Waals surface area contributed by atoms with E-state index in [4.69, 9.17) is 32.7 Å². The van der Waals surface area contributed by atoms with Gasteiger partial charge in [-0.3, -0.25) is 14.4 Å². The summed E-state index contributed by atoms with van der Waals surface area (Å²) in [7, 11) is 1.14. The zero-order valence-electron chi connectivity index (χ0n) is 27.9. The fourth-order valence-electron chi connectivity index (χ4n) is 5.04. The van der Waals surface area contributed by atoms with Gasteiger partial charge in [0.25, 0.3) is 11.8 Å². The van der Waals surface area contributed by atoms with Crippen molar-refractivity contribution < 1.29 is 41.8 Å². The summed E-state index contributed by atoms with van der Waals surface area (Å²) in [5.74, 6) is -3.14. The number of halogens is 5. The number of benzene rings is 3. The van der Waals surface area contributed by atoms with Gasteiger partial charge in [-0.2, -0.15) is 28.1 Å². The number of amides is 2. The first kappa shape index (κ1) is 38.7. The highest BCUT2D eigenvalue weighted by Crippen LogP contribution is 2.48. The lowest BCUT2D eigenvalue weighted by molar-refractivity contribution is -0.154. The molecular weight excluding hydrogens is 742 g/mol. The van der Waals surface area contributed by atoms with Gasteiger partial charge in [-0.05, 0) is 78.9 Å². The maximum Gasteiger partial charge on any atom is 0.422 e. The average molecular weight is 775 g/mol. The summed E-state index contributed by atoms with van der Waals surface area (Å²) >= 11 is 11.9. The number of ketones is 1. The van der Waals surface area contributed by atoms with E-state index in [1.807, 2.05) is 12.1 Å². The molecule has 0 bridgehead atoms. The van der Waals surface area contributed by atoms with Crippen LogP contribution in [0.1, 0.15) is 40.7 Å². The summed E-state index contributed by atoms with van der Waals surface area (Å²) in [5, 5.41) is 12.1. The number of aromatic nitrogens is 3. The van der Waals surface area contributed by atoms with Crippen LogP contribution in [-0.4, -0.2) is 71.0 Å². The van der Waals surface area contributed by atoms with E-state index >= 15 is 0 Å². The fraction of sp³-hybridized carbons (Fsp3) is 0.286. The van der Waals surface area contributed by atoms with Crippen LogP contribution >= 0.6 is 23.2 Å². The number of ether oxygens (including phenoxy) is 2. The summed E-state index contributed by atoms with van der Waals surface area (Å²) in [6.45, 7) is -1.74. The van der Waals surface area contributed by atoms with Gasteiger partial charge < -0.3 is 30.7 Å². The molecule has 278 valence electrons. The Morgan fingerprint density at radius 3 is 2.09 bits per heavy atom. The highest BCUT2D eigenvalue weighted by atomic mass is 35.5. The molecule has 18 heteroatoms. The van der Waals surface area contributed by atoms with Crippen LogP contribution in [0.15, 0.2) is 72.8 Å². The third-order valence-electron chi connectivity index (χ3n) is 7.92. The zero-order chi connectivity index (χ0) is 38.2. The van der Waals surface area contributed by atoms with Gasteiger partial charge in [-0.1, -0.05) is 47.5 Å². The molecule has 1 aromatic heterocycles. The van der Waals surface area contributed by atoms with Crippen molar-refractivity contribution in [1.82, 2.24) is 25.6 Å². The third-order valence-corrected chi connectivity index (χ3v) is 8.43. The van der Waals surface area contributed by atoms with Gasteiger partial charge in [0.05, 0.1) is 12.6 Å². The van der Waals surface area contributed by atoms with Gasteiger partial charge in [-0.15, -0.1) is 0 Å². The number of Topliss-reactive ketones (excluding diaryl/α,β-unsaturated/α-hetero) is 1. The first-order valence-corrected chi connectivity index (χ1v) is 16.8. The smallest absolute Gasteiger partial charge is 0.422 e. The maximum atomic E-state index is 13.0. The van der Waals surface area contributed by atoms with Gasteiger partial charge in [0.15, 0.2) is 6.61 Å². The first-order valence-electron chi connectivity index (χ1n) is 16.0. The second-order valence-corrected chi connectivity index (χ2v) is 12.8. The summed E-state index contributed by atoms with van der Waals surface area (Å²) in [6, 6.07) is 17.7. The molecule has 1 heterocycles. The van der Waals surface area contributed by atoms with E-state index in [0.717, 1.165) is 12.7 Å². The molecule has 0 aliphatic heterocycles. The topological polar surface area (TPSA) is 174 Å². The van der Waals surface area contributed by atoms with Crippen LogP contribution in [0.4, 0.5) is 30.8 Å². The van der Waals surface area contributed by atoms with E-state index in [1.54, 1.807) is 36.4 Å². The quantitative estimate of drug-likeness (QED) is 0.0830. The third kappa shape index (κ3) is 11.3. The SMILES string of the molecule is COC(=O)[C@H](CCNC(=O)C(=O)Cc1ccc(Cl)cc1)NC(=O)c1ccc(Nc2nc(NC3(c4ccc(Cl)cc4)CC3)nc(OCC(F)(F)F)n2)cc1. The minimum Gasteiger partial charge on any atom is -0.467 e. The van der Waals surface area contributed by atoms with Gasteiger partial charge in [-0.25, -0.2) is 4.79 Å². The van der Waals surface area contributed by atoms with Crippen molar-refractivity contribution in [2.45, 2.75) is 43.4 Å². The minimum absolute atomic E-state index is 0.0286. The Morgan fingerprint density at radius 2 is 1.49 bits per heavy atom. The van der Waals surface area contributed by atoms with E-state index in [2.05, 4.69) is 36.2 Å². The second kappa shape index (κ2) is 16.9. The number of nitrogens with one attached hydrogen (secondary N) is 4. The van der Waals surface area contributed by atoms with Gasteiger partial charge >= 0.3 is 18.2 Å². The van der Waals surface area contributed by atoms with Crippen LogP contribution in [0, 0.1) is 0 Å². The predicted octanol–water partition coefficient (Wildman–Crippen LogP) is 5.55. The highest BCUT2D eigenvalue weighted by molar-refractivity contribution is 6.36. The Hall–Kier alpha value is -5.48. The molecule has 1 atom stereocenters. The van der Waals surface area contributed by atoms with Crippen LogP contribution in [0.3, 0.4) is 0 Å². The first-order chi connectivity index (χ1) is 25.2. The molecule has 0 saturated heterocycles. The van der Waals surface area contributed by atoms with Crippen molar-refractivity contribution >= 4 is 64.4 Å². The number of alkyl halides is 3. The van der Waals surface area contributed by atoms with Crippen LogP contribution in [0.2, 0.25) is 10.0 Å². The Morgan fingerprint density at radius 1 is 0.868 bits per heavy atom. The van der Waals surface area contributed by atoms with Crippen molar-refractivity contribution in [3.63, 3.8) is 0 Å². The standard InChI is InChI=1S/C35H32Cl2F3N7O6/c1-52-30(51)26(14-17-41-29(50)27(48)18-20-2-8-23(36)9-3-20)43-28(49)21-4-12-25(13-5-21)42-31-44-32(46-33(45-31)53-19-35(38,39)40)47-34(15-16-34)22-6-10-24(37)11-7-22/h2-13,26H,14-19H2,1H3,(H,41,50)(H,43,49)(H2,42,44,45,46,47)/t26-/m0/s1. The van der Waals surface area contributed by atoms with Crippen molar-refractivity contribution in [2.75, 3.05) is 30.9 Å². The molecular formula is C35H32Cl2F3N7O6. The Kier molecular flexibility index (Phi) is 12.4. The molecule has 3 aromatic carbocycles. The van der Waals surface area contributed by atoms with Crippen LogP contribution < -0.4 is 26.0 Å². The second-order valence-electron chi connectivity index (χ2n) is 11.9. The van der Waals surface area contributed by atoms with Crippen LogP contribution in [0.5, 0.6) is 6.01 Å². The number of rotatable bonds is 16. The number of nitrogens with zero attached hydrogens (tertiary/aromatic N) is 3. The summed E-state index contributed by atoms with van der Waals surface area (Å²) in [5.41, 5.74) is 1.43. The Labute approximate surface area is 311 Å². The molecule has 4 aromatic rings. The van der Waals surface area contributed by atoms with Crippen molar-refractivity contribution in [1.29, 1.82) is 0 Å². The van der Waals surface area contributed by atoms with E-state index in [1.165, 1.54) is 24.3 Å². The summed E-state index contributed by atoms with van der Waals surface area (Å²) in [6.07, 6.45) is -3.44. The van der Waals surface area contributed by atoms with E-state index in [0.29, 0.717) is 34.1 Å². The number of esters is 1. The van der Waals surface area contributed by atoms with Crippen LogP contribution in [-0.2, 0) is 31.1 Å². The van der Waals surface area contributed by atoms with Crippen molar-refractivity contribution in [3.05, 3.63) is 99.5 Å². The molecule has 2 amide bonds. The van der Waals surface area contributed by atoms with Crippen molar-refractivity contribution in [2.24, 2.45) is 0 Å². The largest absolute Gasteiger partial charge is 0.467 e. The Balaban J connectivity index is 1.21. The normalized spacial score (nSPS) is 13.6. The summed E-state index contributed by atoms with van der Waals surface area (Å²) < 4.78 is 48.4. The molecule has 1 aliphatic carbocycles. The number of carbonyl (C=O) groups excluding carboxylic acids is 4. The molecule has 5 rings (SSSR count). The molecule has 0 unspecified atom stereocenters. The lowest BCUT2D eigenvalue weighted by Gasteiger charge is -2.19. The fourth-order valence-corrected chi connectivity index (χ4v) is 5.29. The lowest BCUT2D eigenvalue weighted by Crippen LogP contribution is -2.44.